The molecule has 0 spiro atoms. The zero-order chi connectivity index (χ0) is 15.3. The molecular formula is C13H20N4O2S2. The van der Waals surface area contributed by atoms with Crippen molar-refractivity contribution in [2.24, 2.45) is 5.73 Å². The average molecular weight is 328 g/mol. The molecule has 0 aliphatic heterocycles. The lowest BCUT2D eigenvalue weighted by molar-refractivity contribution is 0.540. The van der Waals surface area contributed by atoms with Gasteiger partial charge in [0.1, 0.15) is 4.90 Å². The van der Waals surface area contributed by atoms with E-state index in [1.54, 1.807) is 11.3 Å². The van der Waals surface area contributed by atoms with E-state index < -0.39 is 10.0 Å². The smallest absolute Gasteiger partial charge is 0.244 e. The Hall–Kier alpha value is -1.22. The standard InChI is InChI=1S/C13H20N4O2S2/c1-2-4-12(13-5-3-8-20-13)16-21(18,19)11-9-15-17(10-11)7-6-14/h3,5,8-10,12,16H,2,4,6-7,14H2,1H3. The van der Waals surface area contributed by atoms with Gasteiger partial charge in [-0.05, 0) is 17.9 Å². The minimum absolute atomic E-state index is 0.175. The fourth-order valence-corrected chi connectivity index (χ4v) is 4.12. The van der Waals surface area contributed by atoms with Gasteiger partial charge in [-0.2, -0.15) is 5.10 Å². The summed E-state index contributed by atoms with van der Waals surface area (Å²) in [5.41, 5.74) is 5.44. The highest BCUT2D eigenvalue weighted by molar-refractivity contribution is 7.89. The number of hydrogen-bond acceptors (Lipinski definition) is 5. The first-order valence-corrected chi connectivity index (χ1v) is 9.21. The van der Waals surface area contributed by atoms with Gasteiger partial charge >= 0.3 is 0 Å². The van der Waals surface area contributed by atoms with E-state index in [-0.39, 0.29) is 10.9 Å². The second-order valence-electron chi connectivity index (χ2n) is 4.71. The van der Waals surface area contributed by atoms with Crippen LogP contribution in [0.2, 0.25) is 0 Å². The number of rotatable bonds is 8. The van der Waals surface area contributed by atoms with Crippen LogP contribution in [0.15, 0.2) is 34.8 Å². The van der Waals surface area contributed by atoms with Crippen molar-refractivity contribution in [3.8, 4) is 0 Å². The summed E-state index contributed by atoms with van der Waals surface area (Å²) in [6.45, 7) is 2.95. The quantitative estimate of drug-likeness (QED) is 0.772. The molecule has 2 aromatic heterocycles. The van der Waals surface area contributed by atoms with E-state index in [0.717, 1.165) is 17.7 Å². The molecule has 0 aliphatic rings. The fraction of sp³-hybridized carbons (Fsp3) is 0.462. The van der Waals surface area contributed by atoms with Crippen LogP contribution < -0.4 is 10.5 Å². The van der Waals surface area contributed by atoms with Crippen LogP contribution in [0.1, 0.15) is 30.7 Å². The molecule has 8 heteroatoms. The fourth-order valence-electron chi connectivity index (χ4n) is 2.03. The second kappa shape index (κ2) is 7.17. The monoisotopic (exact) mass is 328 g/mol. The SMILES string of the molecule is CCCC(NS(=O)(=O)c1cnn(CCN)c1)c1cccs1. The second-order valence-corrected chi connectivity index (χ2v) is 7.40. The van der Waals surface area contributed by atoms with Crippen LogP contribution >= 0.6 is 11.3 Å². The molecule has 0 fully saturated rings. The Morgan fingerprint density at radius 2 is 2.33 bits per heavy atom. The molecule has 0 aromatic carbocycles. The molecule has 2 rings (SSSR count). The van der Waals surface area contributed by atoms with E-state index in [1.165, 1.54) is 17.1 Å². The Bertz CT molecular complexity index is 650. The zero-order valence-corrected chi connectivity index (χ0v) is 13.5. The summed E-state index contributed by atoms with van der Waals surface area (Å²) >= 11 is 1.56. The number of thiophene rings is 1. The maximum absolute atomic E-state index is 12.4. The summed E-state index contributed by atoms with van der Waals surface area (Å²) in [7, 11) is -3.57. The van der Waals surface area contributed by atoms with Gasteiger partial charge in [-0.15, -0.1) is 11.3 Å². The molecule has 0 radical (unpaired) electrons. The first-order valence-electron chi connectivity index (χ1n) is 6.85. The van der Waals surface area contributed by atoms with Crippen LogP contribution in [0.25, 0.3) is 0 Å². The number of nitrogens with zero attached hydrogens (tertiary/aromatic N) is 2. The maximum Gasteiger partial charge on any atom is 0.244 e. The van der Waals surface area contributed by atoms with Crippen LogP contribution in [-0.2, 0) is 16.6 Å². The third kappa shape index (κ3) is 4.13. The minimum atomic E-state index is -3.57. The van der Waals surface area contributed by atoms with Crippen molar-refractivity contribution in [2.75, 3.05) is 6.54 Å². The lowest BCUT2D eigenvalue weighted by atomic mass is 10.1. The Morgan fingerprint density at radius 1 is 1.52 bits per heavy atom. The molecule has 6 nitrogen and oxygen atoms in total. The van der Waals surface area contributed by atoms with Gasteiger partial charge in [-0.25, -0.2) is 13.1 Å². The van der Waals surface area contributed by atoms with Gasteiger partial charge in [0.2, 0.25) is 10.0 Å². The van der Waals surface area contributed by atoms with E-state index in [4.69, 9.17) is 5.73 Å². The average Bonchev–Trinajstić information content (AvgIpc) is 3.10. The van der Waals surface area contributed by atoms with E-state index in [1.807, 2.05) is 24.4 Å². The van der Waals surface area contributed by atoms with Gasteiger partial charge in [0.25, 0.3) is 0 Å². The van der Waals surface area contributed by atoms with Gasteiger partial charge < -0.3 is 5.73 Å². The van der Waals surface area contributed by atoms with Crippen molar-refractivity contribution in [1.82, 2.24) is 14.5 Å². The highest BCUT2D eigenvalue weighted by atomic mass is 32.2. The predicted molar refractivity (Wildman–Crippen MR) is 83.6 cm³/mol. The minimum Gasteiger partial charge on any atom is -0.329 e. The predicted octanol–water partition coefficient (Wildman–Crippen LogP) is 1.72. The molecule has 1 unspecified atom stereocenters. The molecule has 2 heterocycles. The third-order valence-electron chi connectivity index (χ3n) is 3.04. The summed E-state index contributed by atoms with van der Waals surface area (Å²) in [4.78, 5) is 1.20. The molecular weight excluding hydrogens is 308 g/mol. The lowest BCUT2D eigenvalue weighted by Gasteiger charge is -2.16. The van der Waals surface area contributed by atoms with Crippen LogP contribution in [0.4, 0.5) is 0 Å². The van der Waals surface area contributed by atoms with Crippen LogP contribution in [0.5, 0.6) is 0 Å². The summed E-state index contributed by atoms with van der Waals surface area (Å²) in [6, 6.07) is 3.68. The van der Waals surface area contributed by atoms with Crippen molar-refractivity contribution in [2.45, 2.75) is 37.2 Å². The molecule has 0 bridgehead atoms. The van der Waals surface area contributed by atoms with Gasteiger partial charge in [-0.1, -0.05) is 19.4 Å². The van der Waals surface area contributed by atoms with Crippen molar-refractivity contribution >= 4 is 21.4 Å². The molecule has 0 amide bonds. The zero-order valence-electron chi connectivity index (χ0n) is 11.9. The number of aromatic nitrogens is 2. The molecule has 2 aromatic rings. The van der Waals surface area contributed by atoms with Crippen LogP contribution in [0, 0.1) is 0 Å². The van der Waals surface area contributed by atoms with Crippen molar-refractivity contribution in [3.63, 3.8) is 0 Å². The Kier molecular flexibility index (Phi) is 5.51. The molecule has 21 heavy (non-hydrogen) atoms. The van der Waals surface area contributed by atoms with Gasteiger partial charge in [-0.3, -0.25) is 4.68 Å². The number of sulfonamides is 1. The van der Waals surface area contributed by atoms with Gasteiger partial charge in [0, 0.05) is 17.6 Å². The first-order chi connectivity index (χ1) is 10.1. The number of nitrogens with one attached hydrogen (secondary N) is 1. The highest BCUT2D eigenvalue weighted by Crippen LogP contribution is 2.25. The summed E-state index contributed by atoms with van der Waals surface area (Å²) in [5, 5.41) is 5.96. The van der Waals surface area contributed by atoms with Crippen LogP contribution in [0.3, 0.4) is 0 Å². The Morgan fingerprint density at radius 3 is 2.95 bits per heavy atom. The van der Waals surface area contributed by atoms with Crippen molar-refractivity contribution in [3.05, 3.63) is 34.8 Å². The molecule has 0 aliphatic carbocycles. The van der Waals surface area contributed by atoms with E-state index in [9.17, 15) is 8.42 Å². The summed E-state index contributed by atoms with van der Waals surface area (Å²) in [6.07, 6.45) is 4.52. The van der Waals surface area contributed by atoms with E-state index >= 15 is 0 Å². The van der Waals surface area contributed by atoms with Gasteiger partial charge in [0.15, 0.2) is 0 Å². The maximum atomic E-state index is 12.4. The van der Waals surface area contributed by atoms with Crippen LogP contribution in [-0.4, -0.2) is 24.7 Å². The largest absolute Gasteiger partial charge is 0.329 e. The van der Waals surface area contributed by atoms with Gasteiger partial charge in [0.05, 0.1) is 18.8 Å². The highest BCUT2D eigenvalue weighted by Gasteiger charge is 2.22. The summed E-state index contributed by atoms with van der Waals surface area (Å²) < 4.78 is 29.2. The lowest BCUT2D eigenvalue weighted by Crippen LogP contribution is -2.28. The normalized spacial score (nSPS) is 13.4. The number of nitrogens with two attached hydrogens (primary N) is 1. The first kappa shape index (κ1) is 16.2. The molecule has 0 saturated heterocycles. The van der Waals surface area contributed by atoms with E-state index in [2.05, 4.69) is 9.82 Å². The molecule has 3 N–H and O–H groups in total. The topological polar surface area (TPSA) is 90.0 Å². The summed E-state index contributed by atoms with van der Waals surface area (Å²) in [5.74, 6) is 0. The van der Waals surface area contributed by atoms with E-state index in [0.29, 0.717) is 13.1 Å². The molecule has 116 valence electrons. The van der Waals surface area contributed by atoms with Crippen molar-refractivity contribution in [1.29, 1.82) is 0 Å². The Labute approximate surface area is 129 Å². The third-order valence-corrected chi connectivity index (χ3v) is 5.45. The molecule has 1 atom stereocenters. The number of hydrogen-bond donors (Lipinski definition) is 2. The Balaban J connectivity index is 2.17. The van der Waals surface area contributed by atoms with Crippen molar-refractivity contribution < 1.29 is 8.42 Å². The molecule has 0 saturated carbocycles.